The van der Waals surface area contributed by atoms with Gasteiger partial charge in [-0.15, -0.1) is 12.4 Å². The van der Waals surface area contributed by atoms with Gasteiger partial charge in [0.15, 0.2) is 0 Å². The smallest absolute Gasteiger partial charge is 0.253 e. The van der Waals surface area contributed by atoms with Crippen LogP contribution < -0.4 is 10.0 Å². The first-order valence-electron chi connectivity index (χ1n) is 8.94. The quantitative estimate of drug-likeness (QED) is 0.808. The molecule has 1 amide bonds. The molecule has 0 saturated carbocycles. The van der Waals surface area contributed by atoms with Crippen molar-refractivity contribution in [1.29, 1.82) is 0 Å². The summed E-state index contributed by atoms with van der Waals surface area (Å²) >= 11 is 0. The lowest BCUT2D eigenvalue weighted by Gasteiger charge is -2.38. The molecule has 2 aliphatic rings. The molecule has 1 aromatic carbocycles. The minimum Gasteiger partial charge on any atom is -0.339 e. The molecule has 2 N–H and O–H groups in total. The molecule has 0 radical (unpaired) electrons. The van der Waals surface area contributed by atoms with Crippen LogP contribution in [0.2, 0.25) is 0 Å². The van der Waals surface area contributed by atoms with E-state index in [1.165, 1.54) is 18.6 Å². The van der Waals surface area contributed by atoms with Gasteiger partial charge in [-0.25, -0.2) is 13.1 Å². The zero-order valence-corrected chi connectivity index (χ0v) is 17.0. The van der Waals surface area contributed by atoms with Gasteiger partial charge in [0.2, 0.25) is 10.0 Å². The van der Waals surface area contributed by atoms with Crippen LogP contribution in [-0.4, -0.2) is 51.4 Å². The Bertz CT molecular complexity index is 719. The summed E-state index contributed by atoms with van der Waals surface area (Å²) in [5, 5.41) is 3.43. The van der Waals surface area contributed by atoms with Gasteiger partial charge in [0.25, 0.3) is 5.91 Å². The molecule has 0 bridgehead atoms. The second-order valence-corrected chi connectivity index (χ2v) is 9.23. The number of piperidine rings is 1. The average molecular weight is 402 g/mol. The Morgan fingerprint density at radius 1 is 1.15 bits per heavy atom. The van der Waals surface area contributed by atoms with Gasteiger partial charge >= 0.3 is 0 Å². The topological polar surface area (TPSA) is 78.5 Å². The molecule has 1 aromatic rings. The first-order valence-corrected chi connectivity index (χ1v) is 10.4. The minimum absolute atomic E-state index is 0. The van der Waals surface area contributed by atoms with Gasteiger partial charge in [-0.05, 0) is 69.3 Å². The van der Waals surface area contributed by atoms with E-state index in [4.69, 9.17) is 0 Å². The van der Waals surface area contributed by atoms with Crippen molar-refractivity contribution < 1.29 is 13.2 Å². The van der Waals surface area contributed by atoms with E-state index < -0.39 is 10.0 Å². The average Bonchev–Trinajstić information content (AvgIpc) is 3.02. The van der Waals surface area contributed by atoms with E-state index in [0.717, 1.165) is 39.0 Å². The highest BCUT2D eigenvalue weighted by molar-refractivity contribution is 7.89. The highest BCUT2D eigenvalue weighted by Gasteiger charge is 2.38. The van der Waals surface area contributed by atoms with E-state index in [-0.39, 0.29) is 29.3 Å². The fraction of sp³-hybridized carbons (Fsp3) is 0.611. The Labute approximate surface area is 162 Å². The van der Waals surface area contributed by atoms with Gasteiger partial charge in [0, 0.05) is 31.2 Å². The summed E-state index contributed by atoms with van der Waals surface area (Å²) in [5.74, 6) is -0.0124. The molecular weight excluding hydrogens is 374 g/mol. The second-order valence-electron chi connectivity index (χ2n) is 7.52. The van der Waals surface area contributed by atoms with Crippen LogP contribution in [0, 0.1) is 5.41 Å². The highest BCUT2D eigenvalue weighted by atomic mass is 35.5. The second kappa shape index (κ2) is 8.25. The zero-order chi connectivity index (χ0) is 18.1. The van der Waals surface area contributed by atoms with E-state index in [1.807, 2.05) is 4.90 Å². The van der Waals surface area contributed by atoms with E-state index >= 15 is 0 Å². The van der Waals surface area contributed by atoms with Crippen LogP contribution in [0.4, 0.5) is 0 Å². The van der Waals surface area contributed by atoms with Crippen LogP contribution in [0.3, 0.4) is 0 Å². The predicted octanol–water partition coefficient (Wildman–Crippen LogP) is 2.01. The van der Waals surface area contributed by atoms with E-state index in [2.05, 4.69) is 10.0 Å². The Hall–Kier alpha value is -1.15. The molecule has 2 aliphatic heterocycles. The van der Waals surface area contributed by atoms with Gasteiger partial charge in [-0.1, -0.05) is 0 Å². The molecule has 0 aromatic heterocycles. The Balaban J connectivity index is 0.00000243. The largest absolute Gasteiger partial charge is 0.339 e. The maximum absolute atomic E-state index is 12.7. The molecule has 26 heavy (non-hydrogen) atoms. The van der Waals surface area contributed by atoms with Crippen molar-refractivity contribution in [2.45, 2.75) is 44.0 Å². The molecule has 0 atom stereocenters. The summed E-state index contributed by atoms with van der Waals surface area (Å²) in [6.45, 7) is 7.24. The number of benzene rings is 1. The first kappa shape index (κ1) is 21.2. The third-order valence-corrected chi connectivity index (χ3v) is 6.92. The number of nitrogens with one attached hydrogen (secondary N) is 2. The molecule has 0 aliphatic carbocycles. The fourth-order valence-electron chi connectivity index (χ4n) is 3.74. The number of hydrogen-bond donors (Lipinski definition) is 2. The van der Waals surface area contributed by atoms with Crippen molar-refractivity contribution in [3.63, 3.8) is 0 Å². The lowest BCUT2D eigenvalue weighted by atomic mass is 9.78. The van der Waals surface area contributed by atoms with Crippen LogP contribution in [0.1, 0.15) is 43.5 Å². The number of nitrogens with zero attached hydrogens (tertiary/aromatic N) is 1. The van der Waals surface area contributed by atoms with E-state index in [0.29, 0.717) is 11.0 Å². The monoisotopic (exact) mass is 401 g/mol. The number of amides is 1. The number of likely N-dealkylation sites (tertiary alicyclic amines) is 1. The summed E-state index contributed by atoms with van der Waals surface area (Å²) in [4.78, 5) is 14.8. The van der Waals surface area contributed by atoms with Crippen LogP contribution in [0.25, 0.3) is 0 Å². The van der Waals surface area contributed by atoms with Gasteiger partial charge in [0.05, 0.1) is 4.90 Å². The number of halogens is 1. The molecular formula is C18H28ClN3O3S. The third kappa shape index (κ3) is 4.57. The number of hydrogen-bond acceptors (Lipinski definition) is 4. The SMILES string of the molecule is CC(C)NS(=O)(=O)c1ccc(C(=O)N2CCC3(CCNC3)CC2)cc1.Cl. The van der Waals surface area contributed by atoms with Crippen LogP contribution in [-0.2, 0) is 10.0 Å². The lowest BCUT2D eigenvalue weighted by molar-refractivity contribution is 0.0607. The van der Waals surface area contributed by atoms with Crippen LogP contribution >= 0.6 is 12.4 Å². The lowest BCUT2D eigenvalue weighted by Crippen LogP contribution is -2.44. The predicted molar refractivity (Wildman–Crippen MR) is 104 cm³/mol. The van der Waals surface area contributed by atoms with Crippen molar-refractivity contribution in [1.82, 2.24) is 14.9 Å². The van der Waals surface area contributed by atoms with Gasteiger partial charge in [-0.2, -0.15) is 0 Å². The molecule has 6 nitrogen and oxygen atoms in total. The Morgan fingerprint density at radius 2 is 1.77 bits per heavy atom. The molecule has 146 valence electrons. The van der Waals surface area contributed by atoms with Crippen molar-refractivity contribution >= 4 is 28.3 Å². The van der Waals surface area contributed by atoms with E-state index in [9.17, 15) is 13.2 Å². The number of sulfonamides is 1. The zero-order valence-electron chi connectivity index (χ0n) is 15.3. The van der Waals surface area contributed by atoms with E-state index in [1.54, 1.807) is 26.0 Å². The molecule has 3 rings (SSSR count). The molecule has 1 spiro atoms. The number of carbonyl (C=O) groups is 1. The number of carbonyl (C=O) groups excluding carboxylic acids is 1. The Kier molecular flexibility index (Phi) is 6.71. The Morgan fingerprint density at radius 3 is 2.27 bits per heavy atom. The maximum atomic E-state index is 12.7. The molecule has 2 fully saturated rings. The van der Waals surface area contributed by atoms with Gasteiger partial charge in [-0.3, -0.25) is 4.79 Å². The van der Waals surface area contributed by atoms with Gasteiger partial charge in [0.1, 0.15) is 0 Å². The fourth-order valence-corrected chi connectivity index (χ4v) is 5.00. The number of rotatable bonds is 4. The van der Waals surface area contributed by atoms with Crippen LogP contribution in [0.5, 0.6) is 0 Å². The summed E-state index contributed by atoms with van der Waals surface area (Å²) in [6, 6.07) is 6.06. The van der Waals surface area contributed by atoms with Gasteiger partial charge < -0.3 is 10.2 Å². The third-order valence-electron chi connectivity index (χ3n) is 5.25. The summed E-state index contributed by atoms with van der Waals surface area (Å²) in [6.07, 6.45) is 3.28. The minimum atomic E-state index is -3.52. The first-order chi connectivity index (χ1) is 11.8. The van der Waals surface area contributed by atoms with Crippen LogP contribution in [0.15, 0.2) is 29.2 Å². The molecule has 2 saturated heterocycles. The summed E-state index contributed by atoms with van der Waals surface area (Å²) < 4.78 is 26.9. The van der Waals surface area contributed by atoms with Crippen molar-refractivity contribution in [3.05, 3.63) is 29.8 Å². The highest BCUT2D eigenvalue weighted by Crippen LogP contribution is 2.37. The summed E-state index contributed by atoms with van der Waals surface area (Å²) in [7, 11) is -3.52. The molecule has 0 unspecified atom stereocenters. The summed E-state index contributed by atoms with van der Waals surface area (Å²) in [5.41, 5.74) is 0.918. The normalized spacial score (nSPS) is 19.6. The molecule has 2 heterocycles. The standard InChI is InChI=1S/C18H27N3O3S.ClH/c1-14(2)20-25(23,24)16-5-3-15(4-6-16)17(22)21-11-8-18(9-12-21)7-10-19-13-18;/h3-6,14,19-20H,7-13H2,1-2H3;1H. The molecule has 8 heteroatoms. The maximum Gasteiger partial charge on any atom is 0.253 e. The van der Waals surface area contributed by atoms with Crippen molar-refractivity contribution in [2.24, 2.45) is 5.41 Å². The van der Waals surface area contributed by atoms with Crippen molar-refractivity contribution in [2.75, 3.05) is 26.2 Å². The van der Waals surface area contributed by atoms with Crippen molar-refractivity contribution in [3.8, 4) is 0 Å².